The summed E-state index contributed by atoms with van der Waals surface area (Å²) in [6.45, 7) is 6.35. The van der Waals surface area contributed by atoms with Crippen LogP contribution in [0.15, 0.2) is 23.1 Å². The van der Waals surface area contributed by atoms with Crippen molar-refractivity contribution in [2.24, 2.45) is 0 Å². The number of thioether (sulfide) groups is 1. The van der Waals surface area contributed by atoms with Crippen LogP contribution in [0, 0.1) is 0 Å². The van der Waals surface area contributed by atoms with Crippen molar-refractivity contribution in [3.05, 3.63) is 23.8 Å². The van der Waals surface area contributed by atoms with E-state index in [0.717, 1.165) is 31.0 Å². The van der Waals surface area contributed by atoms with E-state index in [1.165, 1.54) is 10.5 Å². The normalized spacial score (nSPS) is 10.5. The largest absolute Gasteiger partial charge is 0.398 e. The van der Waals surface area contributed by atoms with Gasteiger partial charge in [0.2, 0.25) is 0 Å². The zero-order valence-electron chi connectivity index (χ0n) is 9.55. The fourth-order valence-electron chi connectivity index (χ4n) is 1.42. The summed E-state index contributed by atoms with van der Waals surface area (Å²) in [7, 11) is 0. The van der Waals surface area contributed by atoms with Crippen LogP contribution in [0.1, 0.15) is 19.4 Å². The molecule has 0 radical (unpaired) electrons. The van der Waals surface area contributed by atoms with Crippen LogP contribution in [0.25, 0.3) is 0 Å². The standard InChI is InChI=1S/C12H20N2S/c1-3-14-8-7-10-5-6-11(13)12(9-10)15-4-2/h5-6,9,14H,3-4,7-8,13H2,1-2H3. The van der Waals surface area contributed by atoms with Gasteiger partial charge in [-0.15, -0.1) is 11.8 Å². The van der Waals surface area contributed by atoms with Gasteiger partial charge in [0.05, 0.1) is 0 Å². The third kappa shape index (κ3) is 4.14. The van der Waals surface area contributed by atoms with E-state index in [-0.39, 0.29) is 0 Å². The number of rotatable bonds is 6. The molecule has 3 heteroatoms. The molecule has 15 heavy (non-hydrogen) atoms. The smallest absolute Gasteiger partial charge is 0.0452 e. The maximum absolute atomic E-state index is 5.89. The van der Waals surface area contributed by atoms with Crippen LogP contribution < -0.4 is 11.1 Å². The molecule has 0 unspecified atom stereocenters. The van der Waals surface area contributed by atoms with Crippen LogP contribution in [-0.4, -0.2) is 18.8 Å². The molecule has 3 N–H and O–H groups in total. The topological polar surface area (TPSA) is 38.0 Å². The van der Waals surface area contributed by atoms with Gasteiger partial charge in [-0.25, -0.2) is 0 Å². The first-order valence-corrected chi connectivity index (χ1v) is 6.48. The molecule has 1 rings (SSSR count). The summed E-state index contributed by atoms with van der Waals surface area (Å²) in [5.41, 5.74) is 8.15. The number of benzene rings is 1. The Morgan fingerprint density at radius 3 is 2.80 bits per heavy atom. The van der Waals surface area contributed by atoms with Gasteiger partial charge in [0, 0.05) is 10.6 Å². The third-order valence-corrected chi connectivity index (χ3v) is 3.17. The molecule has 0 bridgehead atoms. The lowest BCUT2D eigenvalue weighted by Gasteiger charge is -2.07. The number of hydrogen-bond donors (Lipinski definition) is 2. The predicted octanol–water partition coefficient (Wildman–Crippen LogP) is 2.53. The third-order valence-electron chi connectivity index (χ3n) is 2.22. The van der Waals surface area contributed by atoms with E-state index in [1.807, 2.05) is 17.8 Å². The number of likely N-dealkylation sites (N-methyl/N-ethyl adjacent to an activating group) is 1. The summed E-state index contributed by atoms with van der Waals surface area (Å²) in [5, 5.41) is 3.32. The molecule has 1 aromatic carbocycles. The second-order valence-electron chi connectivity index (χ2n) is 3.41. The van der Waals surface area contributed by atoms with Gasteiger partial charge in [0.15, 0.2) is 0 Å². The molecule has 0 aromatic heterocycles. The molecular weight excluding hydrogens is 204 g/mol. The maximum Gasteiger partial charge on any atom is 0.0452 e. The van der Waals surface area contributed by atoms with E-state index in [1.54, 1.807) is 0 Å². The van der Waals surface area contributed by atoms with Gasteiger partial charge in [0.1, 0.15) is 0 Å². The Bertz CT molecular complexity index is 300. The van der Waals surface area contributed by atoms with Crippen LogP contribution in [0.2, 0.25) is 0 Å². The van der Waals surface area contributed by atoms with Crippen molar-refractivity contribution < 1.29 is 0 Å². The van der Waals surface area contributed by atoms with Crippen molar-refractivity contribution in [1.82, 2.24) is 5.32 Å². The van der Waals surface area contributed by atoms with E-state index >= 15 is 0 Å². The zero-order valence-corrected chi connectivity index (χ0v) is 10.4. The first-order chi connectivity index (χ1) is 7.27. The van der Waals surface area contributed by atoms with Crippen molar-refractivity contribution >= 4 is 17.4 Å². The molecule has 0 spiro atoms. The summed E-state index contributed by atoms with van der Waals surface area (Å²) in [6, 6.07) is 6.34. The van der Waals surface area contributed by atoms with Gasteiger partial charge in [-0.3, -0.25) is 0 Å². The SMILES string of the molecule is CCNCCc1ccc(N)c(SCC)c1. The van der Waals surface area contributed by atoms with Gasteiger partial charge in [-0.1, -0.05) is 19.9 Å². The number of nitrogen functional groups attached to an aromatic ring is 1. The lowest BCUT2D eigenvalue weighted by Crippen LogP contribution is -2.16. The molecule has 0 saturated carbocycles. The monoisotopic (exact) mass is 224 g/mol. The fourth-order valence-corrected chi connectivity index (χ4v) is 2.20. The average Bonchev–Trinajstić information content (AvgIpc) is 2.23. The molecule has 84 valence electrons. The van der Waals surface area contributed by atoms with E-state index in [9.17, 15) is 0 Å². The minimum atomic E-state index is 0.897. The van der Waals surface area contributed by atoms with E-state index in [0.29, 0.717) is 0 Å². The molecule has 0 atom stereocenters. The quantitative estimate of drug-likeness (QED) is 0.443. The maximum atomic E-state index is 5.89. The number of nitrogens with two attached hydrogens (primary N) is 1. The first kappa shape index (κ1) is 12.4. The van der Waals surface area contributed by atoms with Crippen molar-refractivity contribution in [3.63, 3.8) is 0 Å². The van der Waals surface area contributed by atoms with E-state index in [2.05, 4.69) is 31.3 Å². The van der Waals surface area contributed by atoms with Crippen LogP contribution in [0.3, 0.4) is 0 Å². The van der Waals surface area contributed by atoms with Crippen LogP contribution in [0.4, 0.5) is 5.69 Å². The van der Waals surface area contributed by atoms with Crippen molar-refractivity contribution in [3.8, 4) is 0 Å². The molecule has 0 aliphatic carbocycles. The number of hydrogen-bond acceptors (Lipinski definition) is 3. The molecule has 1 aromatic rings. The lowest BCUT2D eigenvalue weighted by atomic mass is 10.1. The molecule has 0 fully saturated rings. The highest BCUT2D eigenvalue weighted by Gasteiger charge is 2.00. The second kappa shape index (κ2) is 6.75. The summed E-state index contributed by atoms with van der Waals surface area (Å²) in [5.74, 6) is 1.07. The van der Waals surface area contributed by atoms with E-state index < -0.39 is 0 Å². The van der Waals surface area contributed by atoms with Crippen LogP contribution in [-0.2, 0) is 6.42 Å². The number of anilines is 1. The molecule has 0 aliphatic rings. The van der Waals surface area contributed by atoms with Gasteiger partial charge in [0.25, 0.3) is 0 Å². The molecule has 2 nitrogen and oxygen atoms in total. The Hall–Kier alpha value is -0.670. The Labute approximate surface area is 96.6 Å². The van der Waals surface area contributed by atoms with Gasteiger partial charge in [-0.2, -0.15) is 0 Å². The Morgan fingerprint density at radius 2 is 2.13 bits per heavy atom. The Kier molecular flexibility index (Phi) is 5.58. The predicted molar refractivity (Wildman–Crippen MR) is 69.5 cm³/mol. The summed E-state index contributed by atoms with van der Waals surface area (Å²) in [6.07, 6.45) is 1.07. The van der Waals surface area contributed by atoms with Crippen LogP contribution in [0.5, 0.6) is 0 Å². The van der Waals surface area contributed by atoms with Gasteiger partial charge >= 0.3 is 0 Å². The highest BCUT2D eigenvalue weighted by molar-refractivity contribution is 7.99. The zero-order chi connectivity index (χ0) is 11.1. The van der Waals surface area contributed by atoms with Gasteiger partial charge in [-0.05, 0) is 43.0 Å². The first-order valence-electron chi connectivity index (χ1n) is 5.49. The minimum Gasteiger partial charge on any atom is -0.398 e. The highest BCUT2D eigenvalue weighted by Crippen LogP contribution is 2.25. The van der Waals surface area contributed by atoms with Crippen LogP contribution >= 0.6 is 11.8 Å². The van der Waals surface area contributed by atoms with Gasteiger partial charge < -0.3 is 11.1 Å². The highest BCUT2D eigenvalue weighted by atomic mass is 32.2. The number of nitrogens with one attached hydrogen (secondary N) is 1. The van der Waals surface area contributed by atoms with Crippen molar-refractivity contribution in [2.75, 3.05) is 24.6 Å². The van der Waals surface area contributed by atoms with E-state index in [4.69, 9.17) is 5.73 Å². The molecule has 0 aliphatic heterocycles. The minimum absolute atomic E-state index is 0.897. The lowest BCUT2D eigenvalue weighted by molar-refractivity contribution is 0.716. The Balaban J connectivity index is 2.61. The summed E-state index contributed by atoms with van der Waals surface area (Å²) < 4.78 is 0. The van der Waals surface area contributed by atoms with Crippen molar-refractivity contribution in [1.29, 1.82) is 0 Å². The van der Waals surface area contributed by atoms with Crippen molar-refractivity contribution in [2.45, 2.75) is 25.2 Å². The second-order valence-corrected chi connectivity index (χ2v) is 4.71. The Morgan fingerprint density at radius 1 is 1.33 bits per heavy atom. The molecule has 0 saturated heterocycles. The molecule has 0 amide bonds. The average molecular weight is 224 g/mol. The molecular formula is C12H20N2S. The summed E-state index contributed by atoms with van der Waals surface area (Å²) >= 11 is 1.81. The summed E-state index contributed by atoms with van der Waals surface area (Å²) in [4.78, 5) is 1.21. The molecule has 0 heterocycles. The fraction of sp³-hybridized carbons (Fsp3) is 0.500.